The number of aromatic hydroxyl groups is 1. The zero-order valence-electron chi connectivity index (χ0n) is 19.4. The highest BCUT2D eigenvalue weighted by Crippen LogP contribution is 2.36. The van der Waals surface area contributed by atoms with Crippen molar-refractivity contribution in [1.82, 2.24) is 4.98 Å². The highest BCUT2D eigenvalue weighted by atomic mass is 19.1. The molecule has 5 heteroatoms. The number of hydrogen-bond donors (Lipinski definition) is 1. The van der Waals surface area contributed by atoms with Gasteiger partial charge in [0.2, 0.25) is 0 Å². The molecule has 4 aromatic rings. The summed E-state index contributed by atoms with van der Waals surface area (Å²) in [5.74, 6) is 0.676. The summed E-state index contributed by atoms with van der Waals surface area (Å²) >= 11 is 0. The highest BCUT2D eigenvalue weighted by Gasteiger charge is 2.18. The van der Waals surface area contributed by atoms with Crippen LogP contribution in [0, 0.1) is 12.7 Å². The van der Waals surface area contributed by atoms with Crippen LogP contribution < -0.4 is 9.64 Å². The number of phenolic OH excluding ortho intramolecular Hbond substituents is 1. The van der Waals surface area contributed by atoms with Crippen LogP contribution in [0.3, 0.4) is 0 Å². The number of aromatic nitrogens is 1. The SMILES string of the molecule is Cc1nc2ccc(N3CCCCC3)cc2c(-c2ccc(F)cc2)c1CCOc1ccc(O)cc1. The highest BCUT2D eigenvalue weighted by molar-refractivity contribution is 5.98. The minimum absolute atomic E-state index is 0.213. The van der Waals surface area contributed by atoms with E-state index in [0.29, 0.717) is 18.8 Å². The first-order chi connectivity index (χ1) is 16.6. The van der Waals surface area contributed by atoms with Gasteiger partial charge >= 0.3 is 0 Å². The number of piperidine rings is 1. The van der Waals surface area contributed by atoms with Crippen molar-refractivity contribution in [3.8, 4) is 22.6 Å². The maximum atomic E-state index is 13.8. The fourth-order valence-corrected chi connectivity index (χ4v) is 4.83. The fourth-order valence-electron chi connectivity index (χ4n) is 4.83. The molecule has 0 unspecified atom stereocenters. The van der Waals surface area contributed by atoms with E-state index in [1.807, 2.05) is 19.1 Å². The standard InChI is InChI=1S/C29H29FN2O2/c1-20-26(15-18-34-25-12-10-24(33)11-13-25)29(21-5-7-22(30)8-6-21)27-19-23(9-14-28(27)31-20)32-16-3-2-4-17-32/h5-14,19,33H,2-4,15-18H2,1H3. The van der Waals surface area contributed by atoms with Gasteiger partial charge in [-0.3, -0.25) is 4.98 Å². The van der Waals surface area contributed by atoms with Crippen LogP contribution in [0.1, 0.15) is 30.5 Å². The zero-order chi connectivity index (χ0) is 23.5. The van der Waals surface area contributed by atoms with Crippen LogP contribution in [-0.2, 0) is 6.42 Å². The summed E-state index contributed by atoms with van der Waals surface area (Å²) in [6.45, 7) is 4.65. The molecule has 0 spiro atoms. The summed E-state index contributed by atoms with van der Waals surface area (Å²) in [6.07, 6.45) is 4.39. The molecule has 1 aliphatic heterocycles. The Bertz CT molecular complexity index is 1280. The van der Waals surface area contributed by atoms with E-state index in [0.717, 1.165) is 46.4 Å². The molecule has 0 atom stereocenters. The van der Waals surface area contributed by atoms with Crippen molar-refractivity contribution in [2.24, 2.45) is 0 Å². The van der Waals surface area contributed by atoms with Crippen LogP contribution in [0.15, 0.2) is 66.7 Å². The van der Waals surface area contributed by atoms with Gasteiger partial charge in [-0.1, -0.05) is 12.1 Å². The topological polar surface area (TPSA) is 45.6 Å². The van der Waals surface area contributed by atoms with Crippen LogP contribution >= 0.6 is 0 Å². The Morgan fingerprint density at radius 1 is 0.941 bits per heavy atom. The molecule has 1 saturated heterocycles. The molecule has 34 heavy (non-hydrogen) atoms. The third-order valence-electron chi connectivity index (χ3n) is 6.59. The molecule has 0 radical (unpaired) electrons. The van der Waals surface area contributed by atoms with Crippen LogP contribution in [0.4, 0.5) is 10.1 Å². The lowest BCUT2D eigenvalue weighted by Gasteiger charge is -2.29. The second-order valence-electron chi connectivity index (χ2n) is 8.90. The van der Waals surface area contributed by atoms with E-state index >= 15 is 0 Å². The van der Waals surface area contributed by atoms with Crippen molar-refractivity contribution in [1.29, 1.82) is 0 Å². The summed E-state index contributed by atoms with van der Waals surface area (Å²) in [5.41, 5.74) is 6.29. The number of anilines is 1. The Labute approximate surface area is 199 Å². The average molecular weight is 457 g/mol. The number of halogens is 1. The van der Waals surface area contributed by atoms with Crippen molar-refractivity contribution in [3.63, 3.8) is 0 Å². The molecule has 5 rings (SSSR count). The molecule has 174 valence electrons. The minimum atomic E-state index is -0.245. The van der Waals surface area contributed by atoms with Gasteiger partial charge in [0, 0.05) is 36.3 Å². The first-order valence-corrected chi connectivity index (χ1v) is 11.9. The lowest BCUT2D eigenvalue weighted by molar-refractivity contribution is 0.321. The quantitative estimate of drug-likeness (QED) is 0.352. The monoisotopic (exact) mass is 456 g/mol. The number of benzene rings is 3. The molecule has 0 saturated carbocycles. The summed E-state index contributed by atoms with van der Waals surface area (Å²) in [7, 11) is 0. The van der Waals surface area contributed by atoms with Crippen LogP contribution in [0.25, 0.3) is 22.0 Å². The van der Waals surface area contributed by atoms with Crippen molar-refractivity contribution in [3.05, 3.63) is 83.8 Å². The van der Waals surface area contributed by atoms with Gasteiger partial charge in [-0.2, -0.15) is 0 Å². The van der Waals surface area contributed by atoms with Gasteiger partial charge < -0.3 is 14.7 Å². The van der Waals surface area contributed by atoms with Crippen LogP contribution in [0.5, 0.6) is 11.5 Å². The first kappa shape index (κ1) is 22.2. The Balaban J connectivity index is 1.56. The number of pyridine rings is 1. The number of phenols is 1. The smallest absolute Gasteiger partial charge is 0.123 e. The van der Waals surface area contributed by atoms with E-state index in [9.17, 15) is 9.50 Å². The predicted octanol–water partition coefficient (Wildman–Crippen LogP) is 6.67. The molecule has 0 bridgehead atoms. The van der Waals surface area contributed by atoms with Crippen molar-refractivity contribution in [2.75, 3.05) is 24.6 Å². The molecular formula is C29H29FN2O2. The molecule has 1 fully saturated rings. The van der Waals surface area contributed by atoms with Gasteiger partial charge in [-0.25, -0.2) is 4.39 Å². The number of fused-ring (bicyclic) bond motifs is 1. The fraction of sp³-hybridized carbons (Fsp3) is 0.276. The summed E-state index contributed by atoms with van der Waals surface area (Å²) < 4.78 is 19.7. The molecule has 1 aliphatic rings. The Kier molecular flexibility index (Phi) is 6.35. The van der Waals surface area contributed by atoms with Gasteiger partial charge in [0.25, 0.3) is 0 Å². The maximum Gasteiger partial charge on any atom is 0.123 e. The summed E-state index contributed by atoms with van der Waals surface area (Å²) in [4.78, 5) is 7.37. The van der Waals surface area contributed by atoms with E-state index in [4.69, 9.17) is 9.72 Å². The van der Waals surface area contributed by atoms with Crippen LogP contribution in [-0.4, -0.2) is 29.8 Å². The van der Waals surface area contributed by atoms with Gasteiger partial charge in [0.05, 0.1) is 12.1 Å². The zero-order valence-corrected chi connectivity index (χ0v) is 19.4. The molecule has 0 amide bonds. The first-order valence-electron chi connectivity index (χ1n) is 11.9. The van der Waals surface area contributed by atoms with E-state index in [-0.39, 0.29) is 11.6 Å². The van der Waals surface area contributed by atoms with Gasteiger partial charge in [0.15, 0.2) is 0 Å². The molecule has 1 aromatic heterocycles. The lowest BCUT2D eigenvalue weighted by atomic mass is 9.92. The van der Waals surface area contributed by atoms with Crippen LogP contribution in [0.2, 0.25) is 0 Å². The molecule has 1 N–H and O–H groups in total. The summed E-state index contributed by atoms with van der Waals surface area (Å²) in [5, 5.41) is 10.6. The second kappa shape index (κ2) is 9.72. The number of rotatable bonds is 6. The predicted molar refractivity (Wildman–Crippen MR) is 135 cm³/mol. The number of hydrogen-bond acceptors (Lipinski definition) is 4. The minimum Gasteiger partial charge on any atom is -0.508 e. The largest absolute Gasteiger partial charge is 0.508 e. The second-order valence-corrected chi connectivity index (χ2v) is 8.90. The number of ether oxygens (including phenoxy) is 1. The molecule has 2 heterocycles. The maximum absolute atomic E-state index is 13.8. The Morgan fingerprint density at radius 2 is 1.68 bits per heavy atom. The van der Waals surface area contributed by atoms with E-state index < -0.39 is 0 Å². The summed E-state index contributed by atoms with van der Waals surface area (Å²) in [6, 6.07) is 20.0. The molecule has 0 aliphatic carbocycles. The van der Waals surface area contributed by atoms with E-state index in [1.54, 1.807) is 24.3 Å². The normalized spacial score (nSPS) is 13.9. The Hall–Kier alpha value is -3.60. The van der Waals surface area contributed by atoms with Gasteiger partial charge in [0.1, 0.15) is 17.3 Å². The van der Waals surface area contributed by atoms with E-state index in [2.05, 4.69) is 23.1 Å². The number of nitrogens with zero attached hydrogens (tertiary/aromatic N) is 2. The molecular weight excluding hydrogens is 427 g/mol. The van der Waals surface area contributed by atoms with Gasteiger partial charge in [-0.15, -0.1) is 0 Å². The van der Waals surface area contributed by atoms with Gasteiger partial charge in [-0.05, 0) is 97.5 Å². The Morgan fingerprint density at radius 3 is 2.41 bits per heavy atom. The average Bonchev–Trinajstić information content (AvgIpc) is 2.86. The van der Waals surface area contributed by atoms with Crippen molar-refractivity contribution < 1.29 is 14.2 Å². The molecule has 3 aromatic carbocycles. The third kappa shape index (κ3) is 4.69. The third-order valence-corrected chi connectivity index (χ3v) is 6.59. The van der Waals surface area contributed by atoms with Crippen molar-refractivity contribution >= 4 is 16.6 Å². The molecule has 4 nitrogen and oxygen atoms in total. The van der Waals surface area contributed by atoms with E-state index in [1.165, 1.54) is 37.1 Å². The lowest BCUT2D eigenvalue weighted by Crippen LogP contribution is -2.29. The van der Waals surface area contributed by atoms with Crippen molar-refractivity contribution in [2.45, 2.75) is 32.6 Å². The number of aryl methyl sites for hydroxylation is 1.